The quantitative estimate of drug-likeness (QED) is 0.936. The molecular formula is C13H11BrO4. The zero-order chi connectivity index (χ0) is 13.1. The number of para-hydroxylation sites is 1. The van der Waals surface area contributed by atoms with E-state index < -0.39 is 5.97 Å². The van der Waals surface area contributed by atoms with Crippen molar-refractivity contribution < 1.29 is 19.1 Å². The van der Waals surface area contributed by atoms with Gasteiger partial charge in [0.25, 0.3) is 0 Å². The summed E-state index contributed by atoms with van der Waals surface area (Å²) in [6.07, 6.45) is 0. The number of aryl methyl sites for hydroxylation is 1. The van der Waals surface area contributed by atoms with Gasteiger partial charge in [0.1, 0.15) is 29.4 Å². The van der Waals surface area contributed by atoms with Gasteiger partial charge in [-0.1, -0.05) is 12.1 Å². The summed E-state index contributed by atoms with van der Waals surface area (Å²) in [5.74, 6) is 0.556. The summed E-state index contributed by atoms with van der Waals surface area (Å²) in [6.45, 7) is 1.81. The lowest BCUT2D eigenvalue weighted by Crippen LogP contribution is -1.96. The summed E-state index contributed by atoms with van der Waals surface area (Å²) in [5.41, 5.74) is 0.167. The second-order valence-corrected chi connectivity index (χ2v) is 4.56. The second-order valence-electron chi connectivity index (χ2n) is 3.71. The lowest BCUT2D eigenvalue weighted by atomic mass is 10.2. The smallest absolute Gasteiger partial charge is 0.339 e. The molecule has 0 amide bonds. The van der Waals surface area contributed by atoms with Crippen LogP contribution in [0.1, 0.15) is 21.9 Å². The molecule has 94 valence electrons. The Hall–Kier alpha value is -1.75. The Kier molecular flexibility index (Phi) is 3.72. The maximum atomic E-state index is 10.9. The SMILES string of the molecule is Cc1oc(COc2ccccc2Br)cc1C(=O)O. The number of aromatic carboxylic acids is 1. The van der Waals surface area contributed by atoms with Crippen molar-refractivity contribution in [2.24, 2.45) is 0 Å². The Morgan fingerprint density at radius 2 is 2.17 bits per heavy atom. The molecule has 0 radical (unpaired) electrons. The van der Waals surface area contributed by atoms with Gasteiger partial charge in [0.05, 0.1) is 4.47 Å². The molecule has 0 bridgehead atoms. The highest BCUT2D eigenvalue weighted by molar-refractivity contribution is 9.10. The van der Waals surface area contributed by atoms with Crippen LogP contribution < -0.4 is 4.74 Å². The van der Waals surface area contributed by atoms with Gasteiger partial charge in [-0.3, -0.25) is 0 Å². The van der Waals surface area contributed by atoms with E-state index in [0.29, 0.717) is 17.3 Å². The number of ether oxygens (including phenoxy) is 1. The van der Waals surface area contributed by atoms with Crippen molar-refractivity contribution in [1.82, 2.24) is 0 Å². The summed E-state index contributed by atoms with van der Waals surface area (Å²) >= 11 is 3.36. The number of hydrogen-bond acceptors (Lipinski definition) is 3. The number of rotatable bonds is 4. The van der Waals surface area contributed by atoms with Gasteiger partial charge in [-0.15, -0.1) is 0 Å². The first-order valence-electron chi connectivity index (χ1n) is 5.28. The van der Waals surface area contributed by atoms with Crippen LogP contribution in [0, 0.1) is 6.92 Å². The van der Waals surface area contributed by atoms with Gasteiger partial charge in [0.2, 0.25) is 0 Å². The largest absolute Gasteiger partial charge is 0.484 e. The highest BCUT2D eigenvalue weighted by Gasteiger charge is 2.14. The normalized spacial score (nSPS) is 10.3. The van der Waals surface area contributed by atoms with Crippen molar-refractivity contribution in [1.29, 1.82) is 0 Å². The molecule has 1 heterocycles. The first-order chi connectivity index (χ1) is 8.58. The molecule has 0 spiro atoms. The van der Waals surface area contributed by atoms with E-state index in [1.54, 1.807) is 6.92 Å². The van der Waals surface area contributed by atoms with E-state index >= 15 is 0 Å². The van der Waals surface area contributed by atoms with Crippen molar-refractivity contribution in [3.05, 3.63) is 51.9 Å². The van der Waals surface area contributed by atoms with Crippen LogP contribution in [0.25, 0.3) is 0 Å². The van der Waals surface area contributed by atoms with E-state index in [-0.39, 0.29) is 12.2 Å². The van der Waals surface area contributed by atoms with Crippen LogP contribution in [0.15, 0.2) is 39.2 Å². The number of hydrogen-bond donors (Lipinski definition) is 1. The van der Waals surface area contributed by atoms with Gasteiger partial charge in [0, 0.05) is 0 Å². The Morgan fingerprint density at radius 1 is 1.44 bits per heavy atom. The van der Waals surface area contributed by atoms with Crippen molar-refractivity contribution >= 4 is 21.9 Å². The number of furan rings is 1. The summed E-state index contributed by atoms with van der Waals surface area (Å²) in [4.78, 5) is 10.9. The maximum absolute atomic E-state index is 10.9. The van der Waals surface area contributed by atoms with Gasteiger partial charge in [0.15, 0.2) is 0 Å². The molecule has 2 aromatic rings. The second kappa shape index (κ2) is 5.27. The monoisotopic (exact) mass is 310 g/mol. The molecule has 0 unspecified atom stereocenters. The summed E-state index contributed by atoms with van der Waals surface area (Å²) in [5, 5.41) is 8.90. The fourth-order valence-corrected chi connectivity index (χ4v) is 1.94. The topological polar surface area (TPSA) is 59.7 Å². The van der Waals surface area contributed by atoms with Crippen LogP contribution in [0.3, 0.4) is 0 Å². The van der Waals surface area contributed by atoms with Crippen LogP contribution >= 0.6 is 15.9 Å². The Morgan fingerprint density at radius 3 is 2.78 bits per heavy atom. The molecule has 18 heavy (non-hydrogen) atoms. The molecule has 4 nitrogen and oxygen atoms in total. The molecule has 1 aromatic heterocycles. The molecule has 0 saturated carbocycles. The molecule has 1 aromatic carbocycles. The van der Waals surface area contributed by atoms with Crippen LogP contribution in [-0.2, 0) is 6.61 Å². The van der Waals surface area contributed by atoms with Crippen molar-refractivity contribution in [3.8, 4) is 5.75 Å². The molecule has 0 fully saturated rings. The number of halogens is 1. The Labute approximate surface area is 112 Å². The third-order valence-corrected chi connectivity index (χ3v) is 3.06. The predicted octanol–water partition coefficient (Wildman–Crippen LogP) is 3.63. The summed E-state index contributed by atoms with van der Waals surface area (Å²) < 4.78 is 11.7. The minimum Gasteiger partial charge on any atom is -0.484 e. The first-order valence-corrected chi connectivity index (χ1v) is 6.07. The Balaban J connectivity index is 2.09. The fourth-order valence-electron chi connectivity index (χ4n) is 1.54. The number of carboxylic acid groups (broad SMARTS) is 1. The van der Waals surface area contributed by atoms with E-state index in [9.17, 15) is 4.79 Å². The van der Waals surface area contributed by atoms with Gasteiger partial charge < -0.3 is 14.3 Å². The predicted molar refractivity (Wildman–Crippen MR) is 68.9 cm³/mol. The number of carbonyl (C=O) groups is 1. The summed E-state index contributed by atoms with van der Waals surface area (Å²) in [7, 11) is 0. The van der Waals surface area contributed by atoms with Crippen LogP contribution in [-0.4, -0.2) is 11.1 Å². The van der Waals surface area contributed by atoms with Gasteiger partial charge in [-0.25, -0.2) is 4.79 Å². The molecule has 0 aliphatic heterocycles. The Bertz CT molecular complexity index is 574. The van der Waals surface area contributed by atoms with E-state index in [1.807, 2.05) is 24.3 Å². The van der Waals surface area contributed by atoms with Gasteiger partial charge >= 0.3 is 5.97 Å². The van der Waals surface area contributed by atoms with E-state index in [1.165, 1.54) is 6.07 Å². The zero-order valence-electron chi connectivity index (χ0n) is 9.64. The standard InChI is InChI=1S/C13H11BrO4/c1-8-10(13(15)16)6-9(18-8)7-17-12-5-3-2-4-11(12)14/h2-6H,7H2,1H3,(H,15,16). The highest BCUT2D eigenvalue weighted by Crippen LogP contribution is 2.25. The minimum absolute atomic E-state index is 0.167. The van der Waals surface area contributed by atoms with Crippen LogP contribution in [0.5, 0.6) is 5.75 Å². The van der Waals surface area contributed by atoms with Crippen LogP contribution in [0.4, 0.5) is 0 Å². The molecule has 1 N–H and O–H groups in total. The van der Waals surface area contributed by atoms with Crippen LogP contribution in [0.2, 0.25) is 0 Å². The van der Waals surface area contributed by atoms with E-state index in [0.717, 1.165) is 4.47 Å². The van der Waals surface area contributed by atoms with Crippen molar-refractivity contribution in [3.63, 3.8) is 0 Å². The molecule has 0 atom stereocenters. The van der Waals surface area contributed by atoms with E-state index in [4.69, 9.17) is 14.3 Å². The van der Waals surface area contributed by atoms with Gasteiger partial charge in [-0.05, 0) is 41.1 Å². The third kappa shape index (κ3) is 2.73. The first kappa shape index (κ1) is 12.7. The summed E-state index contributed by atoms with van der Waals surface area (Å²) in [6, 6.07) is 8.91. The molecular weight excluding hydrogens is 300 g/mol. The molecule has 0 aliphatic carbocycles. The highest BCUT2D eigenvalue weighted by atomic mass is 79.9. The number of benzene rings is 1. The lowest BCUT2D eigenvalue weighted by molar-refractivity contribution is 0.0695. The molecule has 0 aliphatic rings. The van der Waals surface area contributed by atoms with Gasteiger partial charge in [-0.2, -0.15) is 0 Å². The maximum Gasteiger partial charge on any atom is 0.339 e. The van der Waals surface area contributed by atoms with Crippen molar-refractivity contribution in [2.45, 2.75) is 13.5 Å². The van der Waals surface area contributed by atoms with E-state index in [2.05, 4.69) is 15.9 Å². The molecule has 2 rings (SSSR count). The molecule has 5 heteroatoms. The lowest BCUT2D eigenvalue weighted by Gasteiger charge is -2.05. The number of carboxylic acids is 1. The fraction of sp³-hybridized carbons (Fsp3) is 0.154. The molecule has 0 saturated heterocycles. The average molecular weight is 311 g/mol. The zero-order valence-corrected chi connectivity index (χ0v) is 11.2. The average Bonchev–Trinajstić information content (AvgIpc) is 2.70. The third-order valence-electron chi connectivity index (χ3n) is 2.41. The van der Waals surface area contributed by atoms with Crippen molar-refractivity contribution in [2.75, 3.05) is 0 Å². The minimum atomic E-state index is -0.997.